The van der Waals surface area contributed by atoms with Gasteiger partial charge in [-0.05, 0) is 60.4 Å². The van der Waals surface area contributed by atoms with Crippen LogP contribution in [-0.2, 0) is 16.7 Å². The standard InChI is InChI=1S/C36H34F2N4O4/c1-4-7-23-17-29-28(30(33(44)39-3)31(46-29)22-12-10-21(2)11-13-22)18-27(23)24-8-5-9-25(16-24)32(43)42-36(34-40-14-6-15-41-34)19-26(20-36)45-35(37)38/h5-6,8-18,26,35H,4,7,19-20H2,1-3H3,(H,39,44)(H,42,43). The van der Waals surface area contributed by atoms with E-state index in [1.54, 1.807) is 43.7 Å². The molecule has 0 unspecified atom stereocenters. The van der Waals surface area contributed by atoms with Crippen molar-refractivity contribution in [3.63, 3.8) is 0 Å². The van der Waals surface area contributed by atoms with Gasteiger partial charge < -0.3 is 19.8 Å². The van der Waals surface area contributed by atoms with E-state index in [-0.39, 0.29) is 24.7 Å². The molecule has 6 rings (SSSR count). The summed E-state index contributed by atoms with van der Waals surface area (Å²) in [7, 11) is 1.59. The fourth-order valence-electron chi connectivity index (χ4n) is 6.15. The summed E-state index contributed by atoms with van der Waals surface area (Å²) < 4.78 is 36.8. The molecule has 236 valence electrons. The number of nitrogens with one attached hydrogen (secondary N) is 2. The maximum atomic E-state index is 13.7. The number of carbonyl (C=O) groups is 2. The van der Waals surface area contributed by atoms with Crippen molar-refractivity contribution in [3.8, 4) is 22.5 Å². The number of alkyl halides is 2. The molecule has 46 heavy (non-hydrogen) atoms. The molecule has 1 fully saturated rings. The molecule has 2 heterocycles. The Labute approximate surface area is 265 Å². The van der Waals surface area contributed by atoms with Gasteiger partial charge in [-0.1, -0.05) is 55.3 Å². The molecule has 1 aliphatic rings. The van der Waals surface area contributed by atoms with Crippen LogP contribution < -0.4 is 10.6 Å². The Bertz CT molecular complexity index is 1880. The second-order valence-corrected chi connectivity index (χ2v) is 11.6. The zero-order valence-corrected chi connectivity index (χ0v) is 25.8. The monoisotopic (exact) mass is 624 g/mol. The lowest BCUT2D eigenvalue weighted by Gasteiger charge is -2.46. The van der Waals surface area contributed by atoms with Crippen LogP contribution in [0.25, 0.3) is 33.4 Å². The van der Waals surface area contributed by atoms with Gasteiger partial charge in [0.15, 0.2) is 5.82 Å². The third-order valence-corrected chi connectivity index (χ3v) is 8.43. The number of rotatable bonds is 10. The van der Waals surface area contributed by atoms with Crippen LogP contribution in [0.1, 0.15) is 63.9 Å². The molecule has 0 atom stereocenters. The molecule has 0 bridgehead atoms. The van der Waals surface area contributed by atoms with Gasteiger partial charge in [0.25, 0.3) is 11.8 Å². The van der Waals surface area contributed by atoms with E-state index in [9.17, 15) is 18.4 Å². The molecule has 0 radical (unpaired) electrons. The van der Waals surface area contributed by atoms with E-state index < -0.39 is 18.3 Å². The van der Waals surface area contributed by atoms with E-state index in [2.05, 4.69) is 27.5 Å². The van der Waals surface area contributed by atoms with E-state index in [1.807, 2.05) is 49.4 Å². The van der Waals surface area contributed by atoms with Gasteiger partial charge in [0.1, 0.15) is 16.9 Å². The number of halogens is 2. The first-order valence-corrected chi connectivity index (χ1v) is 15.2. The van der Waals surface area contributed by atoms with Crippen molar-refractivity contribution in [2.24, 2.45) is 0 Å². The minimum Gasteiger partial charge on any atom is -0.455 e. The van der Waals surface area contributed by atoms with Gasteiger partial charge in [0, 0.05) is 48.8 Å². The number of nitrogens with zero attached hydrogens (tertiary/aromatic N) is 2. The molecular weight excluding hydrogens is 590 g/mol. The molecular formula is C36H34F2N4O4. The molecule has 3 aromatic carbocycles. The van der Waals surface area contributed by atoms with Gasteiger partial charge in [-0.3, -0.25) is 9.59 Å². The minimum atomic E-state index is -2.91. The summed E-state index contributed by atoms with van der Waals surface area (Å²) in [6, 6.07) is 20.6. The smallest absolute Gasteiger partial charge is 0.345 e. The Morgan fingerprint density at radius 3 is 2.41 bits per heavy atom. The SMILES string of the molecule is CCCc1cc2oc(-c3ccc(C)cc3)c(C(=O)NC)c2cc1-c1cccc(C(=O)NC2(c3ncccn3)CC(OC(F)F)C2)c1. The molecule has 2 N–H and O–H groups in total. The third kappa shape index (κ3) is 6.00. The number of carbonyl (C=O) groups excluding carboxylic acids is 2. The molecule has 8 nitrogen and oxygen atoms in total. The number of fused-ring (bicyclic) bond motifs is 1. The number of furan rings is 1. The van der Waals surface area contributed by atoms with E-state index in [0.29, 0.717) is 33.7 Å². The van der Waals surface area contributed by atoms with Crippen molar-refractivity contribution in [1.29, 1.82) is 0 Å². The zero-order chi connectivity index (χ0) is 32.4. The summed E-state index contributed by atoms with van der Waals surface area (Å²) in [5, 5.41) is 6.43. The average molecular weight is 625 g/mol. The fraction of sp³-hybridized carbons (Fsp3) is 0.278. The van der Waals surface area contributed by atoms with Crippen molar-refractivity contribution in [3.05, 3.63) is 107 Å². The number of hydrogen-bond donors (Lipinski definition) is 2. The molecule has 10 heteroatoms. The van der Waals surface area contributed by atoms with Crippen LogP contribution in [0.3, 0.4) is 0 Å². The van der Waals surface area contributed by atoms with E-state index in [0.717, 1.165) is 40.7 Å². The lowest BCUT2D eigenvalue weighted by atomic mass is 9.73. The Morgan fingerprint density at radius 1 is 1.00 bits per heavy atom. The van der Waals surface area contributed by atoms with Crippen LogP contribution in [0.4, 0.5) is 8.78 Å². The maximum absolute atomic E-state index is 13.7. The number of amides is 2. The summed E-state index contributed by atoms with van der Waals surface area (Å²) in [6.45, 7) is 1.18. The first-order valence-electron chi connectivity index (χ1n) is 15.2. The molecule has 2 aromatic heterocycles. The molecule has 1 aliphatic carbocycles. The number of benzene rings is 3. The number of ether oxygens (including phenoxy) is 1. The van der Waals surface area contributed by atoms with Gasteiger partial charge in [-0.25, -0.2) is 9.97 Å². The van der Waals surface area contributed by atoms with Crippen molar-refractivity contribution in [2.45, 2.75) is 57.8 Å². The Balaban J connectivity index is 1.39. The highest BCUT2D eigenvalue weighted by molar-refractivity contribution is 6.12. The molecule has 0 aliphatic heterocycles. The Hall–Kier alpha value is -4.96. The number of aromatic nitrogens is 2. The normalized spacial score (nSPS) is 17.6. The molecule has 0 saturated heterocycles. The maximum Gasteiger partial charge on any atom is 0.345 e. The van der Waals surface area contributed by atoms with Gasteiger partial charge in [0.2, 0.25) is 0 Å². The number of aryl methyl sites for hydroxylation is 2. The fourth-order valence-corrected chi connectivity index (χ4v) is 6.15. The van der Waals surface area contributed by atoms with Gasteiger partial charge >= 0.3 is 6.61 Å². The summed E-state index contributed by atoms with van der Waals surface area (Å²) >= 11 is 0. The zero-order valence-electron chi connectivity index (χ0n) is 25.8. The highest BCUT2D eigenvalue weighted by atomic mass is 19.3. The quantitative estimate of drug-likeness (QED) is 0.170. The predicted octanol–water partition coefficient (Wildman–Crippen LogP) is 7.20. The first kappa shape index (κ1) is 31.0. The predicted molar refractivity (Wildman–Crippen MR) is 170 cm³/mol. The Morgan fingerprint density at radius 2 is 1.74 bits per heavy atom. The molecule has 5 aromatic rings. The van der Waals surface area contributed by atoms with E-state index in [1.165, 1.54) is 0 Å². The highest BCUT2D eigenvalue weighted by Gasteiger charge is 2.50. The van der Waals surface area contributed by atoms with Crippen LogP contribution >= 0.6 is 0 Å². The largest absolute Gasteiger partial charge is 0.455 e. The lowest BCUT2D eigenvalue weighted by Crippen LogP contribution is -2.58. The highest BCUT2D eigenvalue weighted by Crippen LogP contribution is 2.43. The van der Waals surface area contributed by atoms with E-state index >= 15 is 0 Å². The second kappa shape index (κ2) is 12.8. The average Bonchev–Trinajstić information content (AvgIpc) is 3.42. The first-order chi connectivity index (χ1) is 22.2. The van der Waals surface area contributed by atoms with Crippen LogP contribution in [0, 0.1) is 6.92 Å². The lowest BCUT2D eigenvalue weighted by molar-refractivity contribution is -0.198. The van der Waals surface area contributed by atoms with Crippen LogP contribution in [-0.4, -0.2) is 41.5 Å². The molecule has 2 amide bonds. The summed E-state index contributed by atoms with van der Waals surface area (Å²) in [5.74, 6) is 0.180. The van der Waals surface area contributed by atoms with Crippen LogP contribution in [0.5, 0.6) is 0 Å². The van der Waals surface area contributed by atoms with Gasteiger partial charge in [-0.15, -0.1) is 0 Å². The molecule has 0 spiro atoms. The van der Waals surface area contributed by atoms with Gasteiger partial charge in [0.05, 0.1) is 11.7 Å². The van der Waals surface area contributed by atoms with Crippen molar-refractivity contribution in [1.82, 2.24) is 20.6 Å². The summed E-state index contributed by atoms with van der Waals surface area (Å²) in [6.07, 6.45) is 4.23. The third-order valence-electron chi connectivity index (χ3n) is 8.43. The van der Waals surface area contributed by atoms with Crippen molar-refractivity contribution in [2.75, 3.05) is 7.05 Å². The van der Waals surface area contributed by atoms with Crippen LogP contribution in [0.2, 0.25) is 0 Å². The van der Waals surface area contributed by atoms with E-state index in [4.69, 9.17) is 9.15 Å². The summed E-state index contributed by atoms with van der Waals surface area (Å²) in [4.78, 5) is 35.6. The van der Waals surface area contributed by atoms with Crippen molar-refractivity contribution >= 4 is 22.8 Å². The Kier molecular flexibility index (Phi) is 8.64. The van der Waals surface area contributed by atoms with Gasteiger partial charge in [-0.2, -0.15) is 8.78 Å². The molecule has 1 saturated carbocycles. The second-order valence-electron chi connectivity index (χ2n) is 11.6. The van der Waals surface area contributed by atoms with Crippen molar-refractivity contribution < 1.29 is 27.5 Å². The minimum absolute atomic E-state index is 0.121. The topological polar surface area (TPSA) is 106 Å². The van der Waals surface area contributed by atoms with Crippen LogP contribution in [0.15, 0.2) is 83.5 Å². The summed E-state index contributed by atoms with van der Waals surface area (Å²) in [5.41, 5.74) is 4.96. The number of hydrogen-bond acceptors (Lipinski definition) is 6.